The van der Waals surface area contributed by atoms with Crippen molar-refractivity contribution in [3.05, 3.63) is 91.8 Å². The molecule has 4 aromatic rings. The van der Waals surface area contributed by atoms with Gasteiger partial charge in [0.15, 0.2) is 0 Å². The van der Waals surface area contributed by atoms with E-state index in [-0.39, 0.29) is 18.1 Å². The Morgan fingerprint density at radius 1 is 1.09 bits per heavy atom. The Morgan fingerprint density at radius 3 is 2.73 bits per heavy atom. The molecule has 6 nitrogen and oxygen atoms in total. The molecule has 0 radical (unpaired) electrons. The number of anilines is 1. The molecule has 1 aliphatic carbocycles. The fourth-order valence-corrected chi connectivity index (χ4v) is 5.71. The summed E-state index contributed by atoms with van der Waals surface area (Å²) in [6, 6.07) is 16.5. The molecule has 33 heavy (non-hydrogen) atoms. The van der Waals surface area contributed by atoms with Gasteiger partial charge in [0, 0.05) is 22.1 Å². The third kappa shape index (κ3) is 4.79. The van der Waals surface area contributed by atoms with E-state index in [2.05, 4.69) is 10.3 Å². The van der Waals surface area contributed by atoms with Gasteiger partial charge in [-0.3, -0.25) is 4.79 Å². The summed E-state index contributed by atoms with van der Waals surface area (Å²) in [5.74, 6) is 0.475. The van der Waals surface area contributed by atoms with Crippen molar-refractivity contribution in [3.63, 3.8) is 0 Å². The molecule has 0 unspecified atom stereocenters. The molecule has 0 saturated carbocycles. The van der Waals surface area contributed by atoms with E-state index in [0.717, 1.165) is 47.0 Å². The zero-order chi connectivity index (χ0) is 22.8. The van der Waals surface area contributed by atoms with E-state index in [1.54, 1.807) is 40.5 Å². The SMILES string of the molecule is O=C(Nc1cccc(Cl)c1)N(Cc1ccccc1)Cc1nc2sc3c(c2c(=O)[nH]1)CCCC3. The second kappa shape index (κ2) is 9.37. The number of carbonyl (C=O) groups excluding carboxylic acids is 1. The molecule has 2 amide bonds. The predicted molar refractivity (Wildman–Crippen MR) is 133 cm³/mol. The van der Waals surface area contributed by atoms with Crippen molar-refractivity contribution < 1.29 is 4.79 Å². The van der Waals surface area contributed by atoms with Crippen molar-refractivity contribution in [1.29, 1.82) is 0 Å². The average molecular weight is 479 g/mol. The second-order valence-corrected chi connectivity index (χ2v) is 9.71. The lowest BCUT2D eigenvalue weighted by atomic mass is 9.97. The highest BCUT2D eigenvalue weighted by atomic mass is 35.5. The number of hydrogen-bond donors (Lipinski definition) is 2. The van der Waals surface area contributed by atoms with Gasteiger partial charge in [-0.2, -0.15) is 0 Å². The van der Waals surface area contributed by atoms with E-state index < -0.39 is 0 Å². The quantitative estimate of drug-likeness (QED) is 0.383. The first-order valence-corrected chi connectivity index (χ1v) is 12.1. The summed E-state index contributed by atoms with van der Waals surface area (Å²) < 4.78 is 0. The summed E-state index contributed by atoms with van der Waals surface area (Å²) in [5, 5.41) is 4.16. The number of thiophene rings is 1. The van der Waals surface area contributed by atoms with E-state index >= 15 is 0 Å². The Morgan fingerprint density at radius 2 is 1.91 bits per heavy atom. The zero-order valence-electron chi connectivity index (χ0n) is 17.9. The third-order valence-electron chi connectivity index (χ3n) is 5.79. The van der Waals surface area contributed by atoms with Crippen LogP contribution in [0.15, 0.2) is 59.4 Å². The van der Waals surface area contributed by atoms with Crippen LogP contribution in [0.1, 0.15) is 34.7 Å². The van der Waals surface area contributed by atoms with Gasteiger partial charge in [-0.1, -0.05) is 48.0 Å². The molecule has 2 aromatic heterocycles. The zero-order valence-corrected chi connectivity index (χ0v) is 19.5. The molecule has 1 aliphatic rings. The van der Waals surface area contributed by atoms with Crippen molar-refractivity contribution in [2.75, 3.05) is 5.32 Å². The van der Waals surface area contributed by atoms with Crippen LogP contribution in [-0.2, 0) is 25.9 Å². The van der Waals surface area contributed by atoms with Crippen LogP contribution in [0.25, 0.3) is 10.2 Å². The molecule has 2 heterocycles. The van der Waals surface area contributed by atoms with Crippen LogP contribution < -0.4 is 10.9 Å². The maximum Gasteiger partial charge on any atom is 0.322 e. The lowest BCUT2D eigenvalue weighted by Gasteiger charge is -2.23. The number of aryl methyl sites for hydroxylation is 2. The Balaban J connectivity index is 1.45. The molecule has 2 N–H and O–H groups in total. The molecule has 0 spiro atoms. The van der Waals surface area contributed by atoms with E-state index in [1.807, 2.05) is 30.3 Å². The van der Waals surface area contributed by atoms with Crippen molar-refractivity contribution in [1.82, 2.24) is 14.9 Å². The number of amides is 2. The number of aromatic nitrogens is 2. The van der Waals surface area contributed by atoms with Gasteiger partial charge < -0.3 is 15.2 Å². The number of nitrogens with zero attached hydrogens (tertiary/aromatic N) is 2. The smallest absolute Gasteiger partial charge is 0.313 e. The first-order valence-electron chi connectivity index (χ1n) is 11.0. The van der Waals surface area contributed by atoms with E-state index in [1.165, 1.54) is 4.88 Å². The summed E-state index contributed by atoms with van der Waals surface area (Å²) in [6.07, 6.45) is 4.20. The van der Waals surface area contributed by atoms with Gasteiger partial charge in [-0.25, -0.2) is 9.78 Å². The topological polar surface area (TPSA) is 78.1 Å². The van der Waals surface area contributed by atoms with Gasteiger partial charge in [0.1, 0.15) is 10.7 Å². The Kier molecular flexibility index (Phi) is 6.15. The second-order valence-electron chi connectivity index (χ2n) is 8.19. The molecule has 168 valence electrons. The predicted octanol–water partition coefficient (Wildman–Crippen LogP) is 5.75. The number of halogens is 1. The van der Waals surface area contributed by atoms with Crippen molar-refractivity contribution in [2.45, 2.75) is 38.8 Å². The fourth-order valence-electron chi connectivity index (χ4n) is 4.24. The van der Waals surface area contributed by atoms with Crippen LogP contribution in [0.5, 0.6) is 0 Å². The number of aromatic amines is 1. The van der Waals surface area contributed by atoms with Crippen LogP contribution in [-0.4, -0.2) is 20.9 Å². The number of benzene rings is 2. The highest BCUT2D eigenvalue weighted by Crippen LogP contribution is 2.33. The molecule has 2 aromatic carbocycles. The number of fused-ring (bicyclic) bond motifs is 3. The van der Waals surface area contributed by atoms with Crippen molar-refractivity contribution in [2.24, 2.45) is 0 Å². The van der Waals surface area contributed by atoms with Crippen LogP contribution in [0.2, 0.25) is 5.02 Å². The molecule has 0 aliphatic heterocycles. The summed E-state index contributed by atoms with van der Waals surface area (Å²) in [6.45, 7) is 0.547. The van der Waals surface area contributed by atoms with Crippen LogP contribution in [0.4, 0.5) is 10.5 Å². The summed E-state index contributed by atoms with van der Waals surface area (Å²) in [4.78, 5) is 37.5. The standard InChI is InChI=1S/C25H23ClN4O2S/c26-17-9-6-10-18(13-17)27-25(32)30(14-16-7-2-1-3-8-16)15-21-28-23(31)22-19-11-4-5-12-20(19)33-24(22)29-21/h1-3,6-10,13H,4-5,11-12,14-15H2,(H,27,32)(H,28,29,31). The highest BCUT2D eigenvalue weighted by molar-refractivity contribution is 7.18. The van der Waals surface area contributed by atoms with Gasteiger partial charge in [-0.15, -0.1) is 11.3 Å². The Labute approximate surface area is 200 Å². The van der Waals surface area contributed by atoms with Crippen LogP contribution in [0, 0.1) is 0 Å². The number of carbonyl (C=O) groups is 1. The maximum absolute atomic E-state index is 13.2. The summed E-state index contributed by atoms with van der Waals surface area (Å²) in [7, 11) is 0. The minimum Gasteiger partial charge on any atom is -0.313 e. The molecule has 0 bridgehead atoms. The molecular weight excluding hydrogens is 456 g/mol. The first-order chi connectivity index (χ1) is 16.1. The lowest BCUT2D eigenvalue weighted by molar-refractivity contribution is 0.205. The molecule has 0 fully saturated rings. The summed E-state index contributed by atoms with van der Waals surface area (Å²) in [5.41, 5.74) is 2.62. The maximum atomic E-state index is 13.2. The summed E-state index contributed by atoms with van der Waals surface area (Å²) >= 11 is 7.68. The monoisotopic (exact) mass is 478 g/mol. The van der Waals surface area contributed by atoms with E-state index in [0.29, 0.717) is 23.1 Å². The molecule has 0 saturated heterocycles. The number of H-pyrrole nitrogens is 1. The third-order valence-corrected chi connectivity index (χ3v) is 7.21. The average Bonchev–Trinajstić information content (AvgIpc) is 3.18. The minimum atomic E-state index is -0.297. The number of urea groups is 1. The Hall–Kier alpha value is -3.16. The molecule has 0 atom stereocenters. The van der Waals surface area contributed by atoms with Crippen LogP contribution >= 0.6 is 22.9 Å². The van der Waals surface area contributed by atoms with Crippen molar-refractivity contribution >= 4 is 44.9 Å². The minimum absolute atomic E-state index is 0.121. The van der Waals surface area contributed by atoms with Gasteiger partial charge in [0.25, 0.3) is 5.56 Å². The molecule has 5 rings (SSSR count). The number of rotatable bonds is 5. The fraction of sp³-hybridized carbons (Fsp3) is 0.240. The van der Waals surface area contributed by atoms with Gasteiger partial charge in [0.05, 0.1) is 11.9 Å². The first kappa shape index (κ1) is 21.7. The molecule has 8 heteroatoms. The number of nitrogens with one attached hydrogen (secondary N) is 2. The largest absolute Gasteiger partial charge is 0.322 e. The van der Waals surface area contributed by atoms with Gasteiger partial charge >= 0.3 is 6.03 Å². The van der Waals surface area contributed by atoms with E-state index in [4.69, 9.17) is 16.6 Å². The van der Waals surface area contributed by atoms with Crippen LogP contribution in [0.3, 0.4) is 0 Å². The highest BCUT2D eigenvalue weighted by Gasteiger charge is 2.21. The lowest BCUT2D eigenvalue weighted by Crippen LogP contribution is -2.35. The number of hydrogen-bond acceptors (Lipinski definition) is 4. The van der Waals surface area contributed by atoms with Gasteiger partial charge in [0.2, 0.25) is 0 Å². The Bertz CT molecular complexity index is 1370. The van der Waals surface area contributed by atoms with Crippen molar-refractivity contribution in [3.8, 4) is 0 Å². The normalized spacial score (nSPS) is 13.0. The van der Waals surface area contributed by atoms with E-state index in [9.17, 15) is 9.59 Å². The molecular formula is C25H23ClN4O2S. The van der Waals surface area contributed by atoms with Gasteiger partial charge in [-0.05, 0) is 55.0 Å².